The summed E-state index contributed by atoms with van der Waals surface area (Å²) >= 11 is 1.65. The standard InChI is InChI=1S/C15H17F3N2O3S/c1-4-24-8(2)14(23-3)12-5-9-6-13(20(21)22)10(15(16,17)18)7-11(9)19-12/h5-8,14,19H,4H2,1-3H3. The molecule has 2 unspecified atom stereocenters. The van der Waals surface area contributed by atoms with Crippen molar-refractivity contribution in [1.29, 1.82) is 0 Å². The van der Waals surface area contributed by atoms with Crippen molar-refractivity contribution in [2.75, 3.05) is 12.9 Å². The fourth-order valence-corrected chi connectivity index (χ4v) is 3.60. The molecule has 0 fully saturated rings. The lowest BCUT2D eigenvalue weighted by molar-refractivity contribution is -0.387. The first-order valence-corrected chi connectivity index (χ1v) is 8.26. The number of ether oxygens (including phenoxy) is 1. The number of aromatic nitrogens is 1. The summed E-state index contributed by atoms with van der Waals surface area (Å²) in [5.74, 6) is 0.866. The third kappa shape index (κ3) is 3.67. The summed E-state index contributed by atoms with van der Waals surface area (Å²) in [5, 5.41) is 11.4. The normalized spacial score (nSPS) is 14.8. The SMILES string of the molecule is CCSC(C)C(OC)c1cc2cc([N+](=O)[O-])c(C(F)(F)F)cc2[nH]1. The van der Waals surface area contributed by atoms with Gasteiger partial charge in [0, 0.05) is 35.0 Å². The molecular weight excluding hydrogens is 345 g/mol. The number of hydrogen-bond acceptors (Lipinski definition) is 4. The molecular formula is C15H17F3N2O3S. The van der Waals surface area contributed by atoms with Crippen LogP contribution < -0.4 is 0 Å². The quantitative estimate of drug-likeness (QED) is 0.585. The molecule has 2 rings (SSSR count). The van der Waals surface area contributed by atoms with Crippen molar-refractivity contribution in [1.82, 2.24) is 4.98 Å². The highest BCUT2D eigenvalue weighted by atomic mass is 32.2. The summed E-state index contributed by atoms with van der Waals surface area (Å²) < 4.78 is 44.6. The second-order valence-corrected chi connectivity index (χ2v) is 6.91. The number of fused-ring (bicyclic) bond motifs is 1. The van der Waals surface area contributed by atoms with E-state index < -0.39 is 22.4 Å². The first-order valence-electron chi connectivity index (χ1n) is 7.21. The van der Waals surface area contributed by atoms with Crippen LogP contribution >= 0.6 is 11.8 Å². The highest BCUT2D eigenvalue weighted by Crippen LogP contribution is 2.39. The Morgan fingerprint density at radius 2 is 2.04 bits per heavy atom. The molecule has 0 bridgehead atoms. The Kier molecular flexibility index (Phi) is 5.44. The second-order valence-electron chi connectivity index (χ2n) is 5.25. The minimum absolute atomic E-state index is 0.0742. The number of aromatic amines is 1. The second kappa shape index (κ2) is 7.02. The number of nitrogens with zero attached hydrogens (tertiary/aromatic N) is 1. The van der Waals surface area contributed by atoms with E-state index in [1.165, 1.54) is 7.11 Å². The van der Waals surface area contributed by atoms with E-state index in [-0.39, 0.29) is 16.9 Å². The van der Waals surface area contributed by atoms with E-state index in [1.54, 1.807) is 17.8 Å². The third-order valence-corrected chi connectivity index (χ3v) is 4.78. The Morgan fingerprint density at radius 1 is 1.38 bits per heavy atom. The number of halogens is 3. The lowest BCUT2D eigenvalue weighted by Gasteiger charge is -2.20. The summed E-state index contributed by atoms with van der Waals surface area (Å²) in [6.07, 6.45) is -5.15. The molecule has 1 heterocycles. The molecule has 1 aromatic heterocycles. The third-order valence-electron chi connectivity index (χ3n) is 3.68. The van der Waals surface area contributed by atoms with Crippen molar-refractivity contribution in [3.05, 3.63) is 39.6 Å². The molecule has 0 aliphatic carbocycles. The predicted octanol–water partition coefficient (Wildman–Crippen LogP) is 4.92. The molecule has 132 valence electrons. The fraction of sp³-hybridized carbons (Fsp3) is 0.467. The number of rotatable bonds is 6. The molecule has 0 saturated heterocycles. The number of nitro benzene ring substituents is 1. The van der Waals surface area contributed by atoms with E-state index in [9.17, 15) is 23.3 Å². The number of benzene rings is 1. The molecule has 9 heteroatoms. The van der Waals surface area contributed by atoms with Crippen LogP contribution in [0.2, 0.25) is 0 Å². The molecule has 5 nitrogen and oxygen atoms in total. The average molecular weight is 362 g/mol. The largest absolute Gasteiger partial charge is 0.423 e. The van der Waals surface area contributed by atoms with Crippen LogP contribution in [-0.4, -0.2) is 28.0 Å². The maximum absolute atomic E-state index is 13.1. The van der Waals surface area contributed by atoms with E-state index >= 15 is 0 Å². The summed E-state index contributed by atoms with van der Waals surface area (Å²) in [7, 11) is 1.52. The van der Waals surface area contributed by atoms with Gasteiger partial charge < -0.3 is 9.72 Å². The Hall–Kier alpha value is -1.74. The smallest absolute Gasteiger partial charge is 0.374 e. The number of nitrogens with one attached hydrogen (secondary N) is 1. The maximum atomic E-state index is 13.1. The number of H-pyrrole nitrogens is 1. The first-order chi connectivity index (χ1) is 11.2. The highest BCUT2D eigenvalue weighted by molar-refractivity contribution is 7.99. The monoisotopic (exact) mass is 362 g/mol. The highest BCUT2D eigenvalue weighted by Gasteiger charge is 2.39. The van der Waals surface area contributed by atoms with Crippen molar-refractivity contribution in [2.45, 2.75) is 31.4 Å². The zero-order valence-corrected chi connectivity index (χ0v) is 14.1. The molecule has 2 aromatic rings. The number of nitro groups is 1. The zero-order chi connectivity index (χ0) is 18.1. The van der Waals surface area contributed by atoms with Gasteiger partial charge in [-0.3, -0.25) is 10.1 Å². The Morgan fingerprint density at radius 3 is 2.54 bits per heavy atom. The minimum atomic E-state index is -4.80. The van der Waals surface area contributed by atoms with Crippen LogP contribution in [0.4, 0.5) is 18.9 Å². The van der Waals surface area contributed by atoms with E-state index in [4.69, 9.17) is 4.74 Å². The van der Waals surface area contributed by atoms with Gasteiger partial charge in [0.15, 0.2) is 0 Å². The molecule has 0 amide bonds. The van der Waals surface area contributed by atoms with Gasteiger partial charge >= 0.3 is 6.18 Å². The first kappa shape index (κ1) is 18.6. The van der Waals surface area contributed by atoms with E-state index in [0.29, 0.717) is 11.1 Å². The van der Waals surface area contributed by atoms with Gasteiger partial charge in [0.25, 0.3) is 5.69 Å². The number of alkyl halides is 3. The van der Waals surface area contributed by atoms with Crippen molar-refractivity contribution in [3.63, 3.8) is 0 Å². The molecule has 0 saturated carbocycles. The predicted molar refractivity (Wildman–Crippen MR) is 87.3 cm³/mol. The lowest BCUT2D eigenvalue weighted by atomic mass is 10.1. The van der Waals surface area contributed by atoms with Gasteiger partial charge in [-0.15, -0.1) is 0 Å². The molecule has 1 aromatic carbocycles. The average Bonchev–Trinajstić information content (AvgIpc) is 2.88. The Bertz CT molecular complexity index is 745. The van der Waals surface area contributed by atoms with Gasteiger partial charge in [-0.25, -0.2) is 0 Å². The van der Waals surface area contributed by atoms with Gasteiger partial charge in [0.1, 0.15) is 11.7 Å². The van der Waals surface area contributed by atoms with E-state index in [0.717, 1.165) is 17.9 Å². The Labute approximate surface area is 140 Å². The zero-order valence-electron chi connectivity index (χ0n) is 13.3. The van der Waals surface area contributed by atoms with Gasteiger partial charge in [0.05, 0.1) is 4.92 Å². The fourth-order valence-electron chi connectivity index (χ4n) is 2.64. The summed E-state index contributed by atoms with van der Waals surface area (Å²) in [6.45, 7) is 3.95. The van der Waals surface area contributed by atoms with Crippen molar-refractivity contribution < 1.29 is 22.8 Å². The molecule has 0 radical (unpaired) electrons. The summed E-state index contributed by atoms with van der Waals surface area (Å²) in [6, 6.07) is 3.33. The van der Waals surface area contributed by atoms with E-state index in [2.05, 4.69) is 4.98 Å². The molecule has 0 aliphatic heterocycles. The van der Waals surface area contributed by atoms with Gasteiger partial charge in [-0.2, -0.15) is 24.9 Å². The number of methoxy groups -OCH3 is 1. The topological polar surface area (TPSA) is 68.2 Å². The van der Waals surface area contributed by atoms with Crippen LogP contribution in [0.5, 0.6) is 0 Å². The molecule has 2 atom stereocenters. The van der Waals surface area contributed by atoms with Gasteiger partial charge in [0.2, 0.25) is 0 Å². The Balaban J connectivity index is 2.56. The van der Waals surface area contributed by atoms with Crippen LogP contribution in [0.1, 0.15) is 31.2 Å². The molecule has 0 spiro atoms. The number of thioether (sulfide) groups is 1. The van der Waals surface area contributed by atoms with Crippen LogP contribution in [0.3, 0.4) is 0 Å². The van der Waals surface area contributed by atoms with Crippen LogP contribution in [-0.2, 0) is 10.9 Å². The van der Waals surface area contributed by atoms with E-state index in [1.807, 2.05) is 13.8 Å². The molecule has 1 N–H and O–H groups in total. The molecule has 24 heavy (non-hydrogen) atoms. The lowest BCUT2D eigenvalue weighted by Crippen LogP contribution is -2.14. The summed E-state index contributed by atoms with van der Waals surface area (Å²) in [5.41, 5.74) is -1.43. The van der Waals surface area contributed by atoms with Gasteiger partial charge in [-0.1, -0.05) is 13.8 Å². The maximum Gasteiger partial charge on any atom is 0.423 e. The van der Waals surface area contributed by atoms with Crippen molar-refractivity contribution >= 4 is 28.4 Å². The number of hydrogen-bond donors (Lipinski definition) is 1. The van der Waals surface area contributed by atoms with Crippen LogP contribution in [0, 0.1) is 10.1 Å². The van der Waals surface area contributed by atoms with Crippen molar-refractivity contribution in [3.8, 4) is 0 Å². The van der Waals surface area contributed by atoms with Crippen LogP contribution in [0.15, 0.2) is 18.2 Å². The van der Waals surface area contributed by atoms with Crippen LogP contribution in [0.25, 0.3) is 10.9 Å². The van der Waals surface area contributed by atoms with Gasteiger partial charge in [-0.05, 0) is 17.9 Å². The summed E-state index contributed by atoms with van der Waals surface area (Å²) in [4.78, 5) is 12.9. The minimum Gasteiger partial charge on any atom is -0.374 e. The van der Waals surface area contributed by atoms with Crippen molar-refractivity contribution in [2.24, 2.45) is 0 Å². The molecule has 0 aliphatic rings.